The highest BCUT2D eigenvalue weighted by atomic mass is 35.5. The Labute approximate surface area is 174 Å². The molecule has 0 aliphatic heterocycles. The molecule has 0 saturated carbocycles. The number of halogens is 4. The lowest BCUT2D eigenvalue weighted by Gasteiger charge is -2.12. The van der Waals surface area contributed by atoms with Gasteiger partial charge in [0.15, 0.2) is 0 Å². The molecule has 0 saturated heterocycles. The molecule has 9 heteroatoms. The standard InChI is InChI=1S/C21H15ClF3NO4/c1-29-21(28)15-4-2-3-12(19(15)25)10-26-8-7-17(18(22)20(26)27)30-11-13-5-6-14(23)9-16(13)24/h2-9H,10-11H2,1H3. The van der Waals surface area contributed by atoms with Crippen LogP contribution in [0.4, 0.5) is 13.2 Å². The van der Waals surface area contributed by atoms with Crippen molar-refractivity contribution >= 4 is 17.6 Å². The summed E-state index contributed by atoms with van der Waals surface area (Å²) >= 11 is 6.06. The van der Waals surface area contributed by atoms with E-state index < -0.39 is 29.0 Å². The Hall–Kier alpha value is -3.26. The molecule has 0 aliphatic carbocycles. The smallest absolute Gasteiger partial charge is 0.340 e. The Kier molecular flexibility index (Phi) is 6.47. The third-order valence-electron chi connectivity index (χ3n) is 4.29. The number of hydrogen-bond donors (Lipinski definition) is 0. The van der Waals surface area contributed by atoms with Crippen molar-refractivity contribution in [2.24, 2.45) is 0 Å². The van der Waals surface area contributed by atoms with Crippen molar-refractivity contribution in [2.75, 3.05) is 7.11 Å². The number of nitrogens with zero attached hydrogens (tertiary/aromatic N) is 1. The van der Waals surface area contributed by atoms with Crippen molar-refractivity contribution in [1.82, 2.24) is 4.57 Å². The van der Waals surface area contributed by atoms with Crippen LogP contribution >= 0.6 is 11.6 Å². The molecule has 156 valence electrons. The van der Waals surface area contributed by atoms with Gasteiger partial charge in [0.05, 0.1) is 19.2 Å². The minimum atomic E-state index is -0.837. The molecule has 1 aromatic heterocycles. The molecule has 0 spiro atoms. The molecule has 5 nitrogen and oxygen atoms in total. The minimum absolute atomic E-state index is 0.00887. The average Bonchev–Trinajstić information content (AvgIpc) is 2.72. The topological polar surface area (TPSA) is 57.5 Å². The summed E-state index contributed by atoms with van der Waals surface area (Å²) in [4.78, 5) is 24.1. The quantitative estimate of drug-likeness (QED) is 0.538. The first-order chi connectivity index (χ1) is 14.3. The summed E-state index contributed by atoms with van der Waals surface area (Å²) in [6, 6.07) is 8.54. The van der Waals surface area contributed by atoms with E-state index in [1.807, 2.05) is 0 Å². The molecular formula is C21H15ClF3NO4. The first kappa shape index (κ1) is 21.4. The van der Waals surface area contributed by atoms with E-state index in [4.69, 9.17) is 16.3 Å². The second-order valence-corrected chi connectivity index (χ2v) is 6.60. The summed E-state index contributed by atoms with van der Waals surface area (Å²) in [5.74, 6) is -3.16. The number of methoxy groups -OCH3 is 1. The molecule has 0 fully saturated rings. The van der Waals surface area contributed by atoms with Gasteiger partial charge in [-0.3, -0.25) is 4.79 Å². The summed E-state index contributed by atoms with van der Waals surface area (Å²) in [5.41, 5.74) is -0.761. The molecule has 2 aromatic carbocycles. The van der Waals surface area contributed by atoms with Crippen LogP contribution in [0, 0.1) is 17.5 Å². The van der Waals surface area contributed by atoms with Gasteiger partial charge in [-0.15, -0.1) is 0 Å². The van der Waals surface area contributed by atoms with Crippen molar-refractivity contribution in [1.29, 1.82) is 0 Å². The zero-order chi connectivity index (χ0) is 21.8. The van der Waals surface area contributed by atoms with Crippen molar-refractivity contribution in [3.05, 3.63) is 98.2 Å². The van der Waals surface area contributed by atoms with E-state index in [-0.39, 0.29) is 40.6 Å². The molecule has 1 heterocycles. The average molecular weight is 438 g/mol. The predicted octanol–water partition coefficient (Wildman–Crippen LogP) is 4.33. The summed E-state index contributed by atoms with van der Waals surface area (Å²) in [7, 11) is 1.13. The van der Waals surface area contributed by atoms with Crippen LogP contribution in [-0.2, 0) is 17.9 Å². The fourth-order valence-corrected chi connectivity index (χ4v) is 2.94. The number of rotatable bonds is 6. The van der Waals surface area contributed by atoms with Gasteiger partial charge in [-0.05, 0) is 24.3 Å². The lowest BCUT2D eigenvalue weighted by molar-refractivity contribution is 0.0595. The van der Waals surface area contributed by atoms with Gasteiger partial charge in [-0.25, -0.2) is 18.0 Å². The van der Waals surface area contributed by atoms with Crippen molar-refractivity contribution in [3.63, 3.8) is 0 Å². The summed E-state index contributed by atoms with van der Waals surface area (Å²) < 4.78 is 52.3. The van der Waals surface area contributed by atoms with Gasteiger partial charge in [0, 0.05) is 23.4 Å². The van der Waals surface area contributed by atoms with Gasteiger partial charge in [-0.2, -0.15) is 0 Å². The molecule has 3 aromatic rings. The van der Waals surface area contributed by atoms with E-state index in [0.717, 1.165) is 23.8 Å². The van der Waals surface area contributed by atoms with Crippen LogP contribution in [0.25, 0.3) is 0 Å². The monoisotopic (exact) mass is 437 g/mol. The number of esters is 1. The summed E-state index contributed by atoms with van der Waals surface area (Å²) in [5, 5.41) is -0.287. The van der Waals surface area contributed by atoms with Crippen LogP contribution in [0.1, 0.15) is 21.5 Å². The number of carbonyl (C=O) groups excluding carboxylic acids is 1. The van der Waals surface area contributed by atoms with Gasteiger partial charge < -0.3 is 14.0 Å². The van der Waals surface area contributed by atoms with Gasteiger partial charge in [0.25, 0.3) is 5.56 Å². The van der Waals surface area contributed by atoms with Crippen molar-refractivity contribution in [3.8, 4) is 5.75 Å². The fourth-order valence-electron chi connectivity index (χ4n) is 2.71. The van der Waals surface area contributed by atoms with E-state index in [0.29, 0.717) is 0 Å². The predicted molar refractivity (Wildman–Crippen MR) is 103 cm³/mol. The zero-order valence-corrected chi connectivity index (χ0v) is 16.4. The summed E-state index contributed by atoms with van der Waals surface area (Å²) in [6.07, 6.45) is 1.33. The van der Waals surface area contributed by atoms with Crippen LogP contribution < -0.4 is 10.3 Å². The first-order valence-corrected chi connectivity index (χ1v) is 9.01. The molecule has 3 rings (SSSR count). The van der Waals surface area contributed by atoms with Crippen LogP contribution in [0.15, 0.2) is 53.5 Å². The highest BCUT2D eigenvalue weighted by Gasteiger charge is 2.17. The number of benzene rings is 2. The largest absolute Gasteiger partial charge is 0.487 e. The number of hydrogen-bond acceptors (Lipinski definition) is 4. The highest BCUT2D eigenvalue weighted by molar-refractivity contribution is 6.31. The lowest BCUT2D eigenvalue weighted by Crippen LogP contribution is -2.22. The molecule has 0 radical (unpaired) electrons. The van der Waals surface area contributed by atoms with E-state index in [1.54, 1.807) is 0 Å². The SMILES string of the molecule is COC(=O)c1cccc(Cn2ccc(OCc3ccc(F)cc3F)c(Cl)c2=O)c1F. The molecule has 30 heavy (non-hydrogen) atoms. The van der Waals surface area contributed by atoms with Crippen LogP contribution in [0.2, 0.25) is 5.02 Å². The molecule has 0 atom stereocenters. The Bertz CT molecular complexity index is 1160. The highest BCUT2D eigenvalue weighted by Crippen LogP contribution is 2.22. The molecule has 0 bridgehead atoms. The Balaban J connectivity index is 1.82. The lowest BCUT2D eigenvalue weighted by atomic mass is 10.1. The third-order valence-corrected chi connectivity index (χ3v) is 4.64. The first-order valence-electron chi connectivity index (χ1n) is 8.63. The van der Waals surface area contributed by atoms with E-state index in [1.165, 1.54) is 36.5 Å². The molecule has 0 unspecified atom stereocenters. The molecule has 0 aliphatic rings. The Morgan fingerprint density at radius 3 is 2.57 bits per heavy atom. The van der Waals surface area contributed by atoms with Gasteiger partial charge >= 0.3 is 5.97 Å². The number of ether oxygens (including phenoxy) is 2. The second-order valence-electron chi connectivity index (χ2n) is 6.22. The van der Waals surface area contributed by atoms with E-state index in [9.17, 15) is 22.8 Å². The number of aromatic nitrogens is 1. The fraction of sp³-hybridized carbons (Fsp3) is 0.143. The zero-order valence-electron chi connectivity index (χ0n) is 15.6. The Morgan fingerprint density at radius 1 is 1.10 bits per heavy atom. The third kappa shape index (κ3) is 4.49. The van der Waals surface area contributed by atoms with Crippen LogP contribution in [0.5, 0.6) is 5.75 Å². The maximum Gasteiger partial charge on any atom is 0.340 e. The number of pyridine rings is 1. The van der Waals surface area contributed by atoms with Gasteiger partial charge in [-0.1, -0.05) is 23.7 Å². The van der Waals surface area contributed by atoms with Gasteiger partial charge in [0.2, 0.25) is 0 Å². The maximum atomic E-state index is 14.5. The molecular weight excluding hydrogens is 423 g/mol. The Morgan fingerprint density at radius 2 is 1.87 bits per heavy atom. The molecule has 0 N–H and O–H groups in total. The summed E-state index contributed by atoms with van der Waals surface area (Å²) in [6.45, 7) is -0.465. The maximum absolute atomic E-state index is 14.5. The second kappa shape index (κ2) is 9.04. The van der Waals surface area contributed by atoms with Crippen molar-refractivity contribution in [2.45, 2.75) is 13.2 Å². The van der Waals surface area contributed by atoms with Gasteiger partial charge in [0.1, 0.15) is 34.8 Å². The normalized spacial score (nSPS) is 10.7. The van der Waals surface area contributed by atoms with Crippen molar-refractivity contribution < 1.29 is 27.4 Å². The minimum Gasteiger partial charge on any atom is -0.487 e. The van der Waals surface area contributed by atoms with E-state index >= 15 is 0 Å². The van der Waals surface area contributed by atoms with Crippen LogP contribution in [-0.4, -0.2) is 17.6 Å². The number of carbonyl (C=O) groups is 1. The molecule has 0 amide bonds. The van der Waals surface area contributed by atoms with E-state index in [2.05, 4.69) is 4.74 Å². The van der Waals surface area contributed by atoms with Crippen LogP contribution in [0.3, 0.4) is 0 Å².